The molecule has 102 valence electrons. The second-order valence-corrected chi connectivity index (χ2v) is 5.97. The molecule has 0 atom stereocenters. The number of aromatic nitrogens is 1. The Kier molecular flexibility index (Phi) is 3.57. The lowest BCUT2D eigenvalue weighted by Gasteiger charge is -2.29. The summed E-state index contributed by atoms with van der Waals surface area (Å²) in [7, 11) is 0. The second kappa shape index (κ2) is 5.37. The SMILES string of the molecule is Cc1ccc2c(c1)CCCN2C(=O)c1ccc(Br)cn1. The van der Waals surface area contributed by atoms with Gasteiger partial charge in [0.2, 0.25) is 0 Å². The van der Waals surface area contributed by atoms with E-state index in [1.165, 1.54) is 11.1 Å². The van der Waals surface area contributed by atoms with Crippen molar-refractivity contribution in [3.05, 3.63) is 57.8 Å². The Morgan fingerprint density at radius 2 is 2.15 bits per heavy atom. The average Bonchev–Trinajstić information content (AvgIpc) is 2.46. The van der Waals surface area contributed by atoms with E-state index >= 15 is 0 Å². The summed E-state index contributed by atoms with van der Waals surface area (Å²) in [6, 6.07) is 9.87. The van der Waals surface area contributed by atoms with Crippen LogP contribution in [0.5, 0.6) is 0 Å². The summed E-state index contributed by atoms with van der Waals surface area (Å²) in [6.45, 7) is 2.84. The molecule has 2 heterocycles. The van der Waals surface area contributed by atoms with Crippen LogP contribution in [0.25, 0.3) is 0 Å². The highest BCUT2D eigenvalue weighted by molar-refractivity contribution is 9.10. The molecule has 0 bridgehead atoms. The summed E-state index contributed by atoms with van der Waals surface area (Å²) in [4.78, 5) is 18.7. The molecule has 0 N–H and O–H groups in total. The number of benzene rings is 1. The highest BCUT2D eigenvalue weighted by Gasteiger charge is 2.24. The third kappa shape index (κ3) is 2.48. The van der Waals surface area contributed by atoms with E-state index in [0.29, 0.717) is 5.69 Å². The number of pyridine rings is 1. The van der Waals surface area contributed by atoms with E-state index < -0.39 is 0 Å². The van der Waals surface area contributed by atoms with Crippen LogP contribution < -0.4 is 4.90 Å². The Labute approximate surface area is 126 Å². The van der Waals surface area contributed by atoms with Gasteiger partial charge in [0, 0.05) is 22.9 Å². The van der Waals surface area contributed by atoms with Gasteiger partial charge in [-0.2, -0.15) is 0 Å². The first-order chi connectivity index (χ1) is 9.65. The van der Waals surface area contributed by atoms with E-state index in [9.17, 15) is 4.79 Å². The highest BCUT2D eigenvalue weighted by atomic mass is 79.9. The summed E-state index contributed by atoms with van der Waals surface area (Å²) >= 11 is 3.34. The molecule has 3 rings (SSSR count). The number of rotatable bonds is 1. The van der Waals surface area contributed by atoms with Gasteiger partial charge in [-0.3, -0.25) is 4.79 Å². The summed E-state index contributed by atoms with van der Waals surface area (Å²) in [6.07, 6.45) is 3.69. The molecule has 0 fully saturated rings. The minimum Gasteiger partial charge on any atom is -0.307 e. The Morgan fingerprint density at radius 1 is 1.30 bits per heavy atom. The molecule has 1 amide bonds. The first-order valence-electron chi connectivity index (χ1n) is 6.68. The van der Waals surface area contributed by atoms with Gasteiger partial charge in [-0.25, -0.2) is 4.98 Å². The molecule has 0 radical (unpaired) electrons. The molecule has 20 heavy (non-hydrogen) atoms. The molecule has 0 saturated heterocycles. The number of carbonyl (C=O) groups excluding carboxylic acids is 1. The molecular formula is C16H15BrN2O. The zero-order valence-corrected chi connectivity index (χ0v) is 12.9. The van der Waals surface area contributed by atoms with Gasteiger partial charge < -0.3 is 4.90 Å². The lowest BCUT2D eigenvalue weighted by atomic mass is 9.99. The zero-order chi connectivity index (χ0) is 14.1. The summed E-state index contributed by atoms with van der Waals surface area (Å²) < 4.78 is 0.878. The van der Waals surface area contributed by atoms with Crippen LogP contribution >= 0.6 is 15.9 Å². The average molecular weight is 331 g/mol. The maximum atomic E-state index is 12.6. The fourth-order valence-corrected chi connectivity index (χ4v) is 2.81. The van der Waals surface area contributed by atoms with Gasteiger partial charge in [0.25, 0.3) is 5.91 Å². The number of nitrogens with zero attached hydrogens (tertiary/aromatic N) is 2. The summed E-state index contributed by atoms with van der Waals surface area (Å²) in [5.74, 6) is -0.0256. The minimum atomic E-state index is -0.0256. The van der Waals surface area contributed by atoms with Crippen LogP contribution in [-0.2, 0) is 6.42 Å². The van der Waals surface area contributed by atoms with E-state index in [4.69, 9.17) is 0 Å². The molecule has 2 aromatic rings. The number of carbonyl (C=O) groups is 1. The normalized spacial score (nSPS) is 14.0. The molecule has 3 nitrogen and oxygen atoms in total. The number of fused-ring (bicyclic) bond motifs is 1. The number of hydrogen-bond acceptors (Lipinski definition) is 2. The predicted octanol–water partition coefficient (Wildman–Crippen LogP) is 3.75. The van der Waals surface area contributed by atoms with E-state index in [2.05, 4.69) is 40.0 Å². The summed E-state index contributed by atoms with van der Waals surface area (Å²) in [5.41, 5.74) is 4.00. The molecule has 0 aliphatic carbocycles. The molecule has 4 heteroatoms. The van der Waals surface area contributed by atoms with Gasteiger partial charge in [-0.05, 0) is 59.5 Å². The Hall–Kier alpha value is -1.68. The predicted molar refractivity (Wildman–Crippen MR) is 83.1 cm³/mol. The van der Waals surface area contributed by atoms with Crippen LogP contribution in [0.3, 0.4) is 0 Å². The number of anilines is 1. The molecule has 0 spiro atoms. The maximum Gasteiger partial charge on any atom is 0.276 e. The van der Waals surface area contributed by atoms with Crippen molar-refractivity contribution < 1.29 is 4.79 Å². The first-order valence-corrected chi connectivity index (χ1v) is 7.47. The van der Waals surface area contributed by atoms with Crippen molar-refractivity contribution in [1.29, 1.82) is 0 Å². The molecule has 1 aromatic heterocycles. The van der Waals surface area contributed by atoms with Gasteiger partial charge in [0.1, 0.15) is 5.69 Å². The highest BCUT2D eigenvalue weighted by Crippen LogP contribution is 2.29. The maximum absolute atomic E-state index is 12.6. The third-order valence-corrected chi connectivity index (χ3v) is 4.01. The van der Waals surface area contributed by atoms with Gasteiger partial charge in [-0.15, -0.1) is 0 Å². The number of hydrogen-bond donors (Lipinski definition) is 0. The van der Waals surface area contributed by atoms with Crippen molar-refractivity contribution >= 4 is 27.5 Å². The lowest BCUT2D eigenvalue weighted by molar-refractivity contribution is 0.0980. The second-order valence-electron chi connectivity index (χ2n) is 5.05. The van der Waals surface area contributed by atoms with Crippen LogP contribution in [0.4, 0.5) is 5.69 Å². The number of halogens is 1. The lowest BCUT2D eigenvalue weighted by Crippen LogP contribution is -2.36. The van der Waals surface area contributed by atoms with Crippen molar-refractivity contribution in [2.45, 2.75) is 19.8 Å². The van der Waals surface area contributed by atoms with E-state index in [0.717, 1.165) is 29.5 Å². The molecule has 0 saturated carbocycles. The Morgan fingerprint density at radius 3 is 2.90 bits per heavy atom. The van der Waals surface area contributed by atoms with E-state index in [1.807, 2.05) is 17.0 Å². The fraction of sp³-hybridized carbons (Fsp3) is 0.250. The minimum absolute atomic E-state index is 0.0256. The van der Waals surface area contributed by atoms with Crippen LogP contribution in [-0.4, -0.2) is 17.4 Å². The Bertz CT molecular complexity index is 652. The smallest absolute Gasteiger partial charge is 0.276 e. The monoisotopic (exact) mass is 330 g/mol. The van der Waals surface area contributed by atoms with Gasteiger partial charge >= 0.3 is 0 Å². The topological polar surface area (TPSA) is 33.2 Å². The van der Waals surface area contributed by atoms with Crippen molar-refractivity contribution in [2.75, 3.05) is 11.4 Å². The molecular weight excluding hydrogens is 316 g/mol. The van der Waals surface area contributed by atoms with Gasteiger partial charge in [0.05, 0.1) is 0 Å². The number of aryl methyl sites for hydroxylation is 2. The Balaban J connectivity index is 1.96. The van der Waals surface area contributed by atoms with Gasteiger partial charge in [-0.1, -0.05) is 17.7 Å². The molecule has 1 aromatic carbocycles. The third-order valence-electron chi connectivity index (χ3n) is 3.55. The largest absolute Gasteiger partial charge is 0.307 e. The van der Waals surface area contributed by atoms with Gasteiger partial charge in [0.15, 0.2) is 0 Å². The van der Waals surface area contributed by atoms with Crippen LogP contribution in [0.15, 0.2) is 41.0 Å². The summed E-state index contributed by atoms with van der Waals surface area (Å²) in [5, 5.41) is 0. The zero-order valence-electron chi connectivity index (χ0n) is 11.3. The molecule has 0 unspecified atom stereocenters. The molecule has 1 aliphatic rings. The van der Waals surface area contributed by atoms with Crippen LogP contribution in [0, 0.1) is 6.92 Å². The fourth-order valence-electron chi connectivity index (χ4n) is 2.58. The first kappa shape index (κ1) is 13.3. The number of amides is 1. The van der Waals surface area contributed by atoms with E-state index in [1.54, 1.807) is 12.3 Å². The molecule has 1 aliphatic heterocycles. The van der Waals surface area contributed by atoms with Crippen molar-refractivity contribution in [3.63, 3.8) is 0 Å². The van der Waals surface area contributed by atoms with Crippen molar-refractivity contribution in [2.24, 2.45) is 0 Å². The van der Waals surface area contributed by atoms with Crippen LogP contribution in [0.1, 0.15) is 28.0 Å². The van der Waals surface area contributed by atoms with Crippen LogP contribution in [0.2, 0.25) is 0 Å². The quantitative estimate of drug-likeness (QED) is 0.797. The van der Waals surface area contributed by atoms with E-state index in [-0.39, 0.29) is 5.91 Å². The standard InChI is InChI=1S/C16H15BrN2O/c1-11-4-7-15-12(9-11)3-2-8-19(15)16(20)14-6-5-13(17)10-18-14/h4-7,9-10H,2-3,8H2,1H3. The van der Waals surface area contributed by atoms with Crippen molar-refractivity contribution in [1.82, 2.24) is 4.98 Å². The van der Waals surface area contributed by atoms with Crippen molar-refractivity contribution in [3.8, 4) is 0 Å².